The SMILES string of the molecule is CCCNC(=O)c1cccc(NC(=O)C2(OC)CCNCC2)c1. The van der Waals surface area contributed by atoms with Gasteiger partial charge in [-0.05, 0) is 50.6 Å². The van der Waals surface area contributed by atoms with Gasteiger partial charge in [-0.3, -0.25) is 9.59 Å². The third kappa shape index (κ3) is 4.30. The van der Waals surface area contributed by atoms with Gasteiger partial charge in [0.1, 0.15) is 5.60 Å². The highest BCUT2D eigenvalue weighted by molar-refractivity contribution is 6.00. The Bertz CT molecular complexity index is 554. The van der Waals surface area contributed by atoms with E-state index >= 15 is 0 Å². The van der Waals surface area contributed by atoms with Crippen LogP contribution in [0.4, 0.5) is 5.69 Å². The Labute approximate surface area is 137 Å². The molecule has 0 radical (unpaired) electrons. The van der Waals surface area contributed by atoms with Gasteiger partial charge >= 0.3 is 0 Å². The largest absolute Gasteiger partial charge is 0.368 e. The molecule has 23 heavy (non-hydrogen) atoms. The fraction of sp³-hybridized carbons (Fsp3) is 0.529. The molecule has 0 atom stereocenters. The van der Waals surface area contributed by atoms with Crippen LogP contribution in [0.15, 0.2) is 24.3 Å². The summed E-state index contributed by atoms with van der Waals surface area (Å²) in [6.45, 7) is 4.14. The normalized spacial score (nSPS) is 16.6. The molecule has 0 aliphatic carbocycles. The highest BCUT2D eigenvalue weighted by atomic mass is 16.5. The number of carbonyl (C=O) groups excluding carboxylic acids is 2. The first-order chi connectivity index (χ1) is 11.1. The molecule has 126 valence electrons. The quantitative estimate of drug-likeness (QED) is 0.743. The van der Waals surface area contributed by atoms with Gasteiger partial charge in [0.2, 0.25) is 0 Å². The molecule has 2 amide bonds. The maximum atomic E-state index is 12.6. The van der Waals surface area contributed by atoms with Gasteiger partial charge < -0.3 is 20.7 Å². The number of methoxy groups -OCH3 is 1. The van der Waals surface area contributed by atoms with Crippen LogP contribution in [-0.2, 0) is 9.53 Å². The van der Waals surface area contributed by atoms with Gasteiger partial charge in [-0.15, -0.1) is 0 Å². The van der Waals surface area contributed by atoms with Crippen LogP contribution < -0.4 is 16.0 Å². The molecule has 1 aliphatic rings. The molecular weight excluding hydrogens is 294 g/mol. The van der Waals surface area contributed by atoms with Gasteiger partial charge in [-0.1, -0.05) is 13.0 Å². The Morgan fingerprint density at radius 2 is 2.04 bits per heavy atom. The summed E-state index contributed by atoms with van der Waals surface area (Å²) < 4.78 is 5.51. The van der Waals surface area contributed by atoms with Gasteiger partial charge in [-0.2, -0.15) is 0 Å². The predicted molar refractivity (Wildman–Crippen MR) is 89.5 cm³/mol. The molecule has 6 heteroatoms. The lowest BCUT2D eigenvalue weighted by atomic mass is 9.91. The standard InChI is InChI=1S/C17H25N3O3/c1-3-9-19-15(21)13-5-4-6-14(12-13)20-16(22)17(23-2)7-10-18-11-8-17/h4-6,12,18H,3,7-11H2,1-2H3,(H,19,21)(H,20,22). The molecule has 6 nitrogen and oxygen atoms in total. The van der Waals surface area contributed by atoms with Crippen molar-refractivity contribution >= 4 is 17.5 Å². The minimum absolute atomic E-state index is 0.133. The molecule has 1 aliphatic heterocycles. The van der Waals surface area contributed by atoms with E-state index in [2.05, 4.69) is 16.0 Å². The average Bonchev–Trinajstić information content (AvgIpc) is 2.60. The lowest BCUT2D eigenvalue weighted by molar-refractivity contribution is -0.140. The van der Waals surface area contributed by atoms with Crippen molar-refractivity contribution in [1.82, 2.24) is 10.6 Å². The lowest BCUT2D eigenvalue weighted by Gasteiger charge is -2.34. The molecule has 1 saturated heterocycles. The number of hydrogen-bond donors (Lipinski definition) is 3. The van der Waals surface area contributed by atoms with E-state index in [9.17, 15) is 9.59 Å². The maximum absolute atomic E-state index is 12.6. The third-order valence-electron chi connectivity index (χ3n) is 4.13. The number of nitrogens with one attached hydrogen (secondary N) is 3. The van der Waals surface area contributed by atoms with Crippen molar-refractivity contribution in [2.45, 2.75) is 31.8 Å². The summed E-state index contributed by atoms with van der Waals surface area (Å²) in [5, 5.41) is 8.93. The van der Waals surface area contributed by atoms with E-state index in [1.807, 2.05) is 6.92 Å². The highest BCUT2D eigenvalue weighted by Gasteiger charge is 2.39. The summed E-state index contributed by atoms with van der Waals surface area (Å²) in [6.07, 6.45) is 2.14. The van der Waals surface area contributed by atoms with Gasteiger partial charge in [0.05, 0.1) is 0 Å². The van der Waals surface area contributed by atoms with E-state index in [1.54, 1.807) is 31.4 Å². The number of ether oxygens (including phenoxy) is 1. The minimum atomic E-state index is -0.800. The summed E-state index contributed by atoms with van der Waals surface area (Å²) in [7, 11) is 1.57. The smallest absolute Gasteiger partial charge is 0.256 e. The van der Waals surface area contributed by atoms with Crippen molar-refractivity contribution in [3.05, 3.63) is 29.8 Å². The van der Waals surface area contributed by atoms with Gasteiger partial charge in [-0.25, -0.2) is 0 Å². The van der Waals surface area contributed by atoms with E-state index in [4.69, 9.17) is 4.74 Å². The molecule has 0 spiro atoms. The summed E-state index contributed by atoms with van der Waals surface area (Å²) in [6, 6.07) is 6.96. The molecule has 1 fully saturated rings. The van der Waals surface area contributed by atoms with Crippen LogP contribution in [0, 0.1) is 0 Å². The Balaban J connectivity index is 2.07. The first-order valence-corrected chi connectivity index (χ1v) is 8.07. The Hall–Kier alpha value is -1.92. The van der Waals surface area contributed by atoms with Crippen molar-refractivity contribution in [3.63, 3.8) is 0 Å². The van der Waals surface area contributed by atoms with Crippen LogP contribution in [-0.4, -0.2) is 44.2 Å². The summed E-state index contributed by atoms with van der Waals surface area (Å²) >= 11 is 0. The average molecular weight is 319 g/mol. The molecule has 2 rings (SSSR count). The molecule has 0 saturated carbocycles. The number of rotatable bonds is 6. The fourth-order valence-electron chi connectivity index (χ4n) is 2.68. The number of anilines is 1. The van der Waals surface area contributed by atoms with Crippen LogP contribution in [0.1, 0.15) is 36.5 Å². The number of amides is 2. The summed E-state index contributed by atoms with van der Waals surface area (Å²) in [5.74, 6) is -0.293. The zero-order valence-electron chi connectivity index (χ0n) is 13.8. The van der Waals surface area contributed by atoms with Crippen LogP contribution in [0.2, 0.25) is 0 Å². The minimum Gasteiger partial charge on any atom is -0.368 e. The Morgan fingerprint density at radius 1 is 1.30 bits per heavy atom. The molecule has 1 aromatic carbocycles. The van der Waals surface area contributed by atoms with Crippen LogP contribution >= 0.6 is 0 Å². The molecule has 0 unspecified atom stereocenters. The number of carbonyl (C=O) groups is 2. The predicted octanol–water partition coefficient (Wildman–Crippen LogP) is 1.53. The molecule has 0 aromatic heterocycles. The molecule has 0 bridgehead atoms. The molecule has 1 aromatic rings. The summed E-state index contributed by atoms with van der Waals surface area (Å²) in [4.78, 5) is 24.6. The van der Waals surface area contributed by atoms with Crippen molar-refractivity contribution in [3.8, 4) is 0 Å². The van der Waals surface area contributed by atoms with Crippen molar-refractivity contribution < 1.29 is 14.3 Å². The zero-order chi connectivity index (χ0) is 16.7. The molecule has 3 N–H and O–H groups in total. The number of benzene rings is 1. The fourth-order valence-corrected chi connectivity index (χ4v) is 2.68. The van der Waals surface area contributed by atoms with Crippen LogP contribution in [0.5, 0.6) is 0 Å². The van der Waals surface area contributed by atoms with Crippen LogP contribution in [0.25, 0.3) is 0 Å². The molecule has 1 heterocycles. The van der Waals surface area contributed by atoms with Crippen molar-refractivity contribution in [1.29, 1.82) is 0 Å². The third-order valence-corrected chi connectivity index (χ3v) is 4.13. The first kappa shape index (κ1) is 17.4. The van der Waals surface area contributed by atoms with Gasteiger partial charge in [0.25, 0.3) is 11.8 Å². The second-order valence-electron chi connectivity index (χ2n) is 5.74. The number of piperidine rings is 1. The second kappa shape index (κ2) is 8.08. The van der Waals surface area contributed by atoms with Gasteiger partial charge in [0.15, 0.2) is 0 Å². The Kier molecular flexibility index (Phi) is 6.12. The van der Waals surface area contributed by atoms with E-state index in [0.29, 0.717) is 30.6 Å². The highest BCUT2D eigenvalue weighted by Crippen LogP contribution is 2.24. The van der Waals surface area contributed by atoms with E-state index < -0.39 is 5.60 Å². The van der Waals surface area contributed by atoms with E-state index in [-0.39, 0.29) is 11.8 Å². The van der Waals surface area contributed by atoms with E-state index in [1.165, 1.54) is 0 Å². The van der Waals surface area contributed by atoms with Crippen LogP contribution in [0.3, 0.4) is 0 Å². The second-order valence-corrected chi connectivity index (χ2v) is 5.74. The topological polar surface area (TPSA) is 79.5 Å². The Morgan fingerprint density at radius 3 is 2.70 bits per heavy atom. The molecular formula is C17H25N3O3. The van der Waals surface area contributed by atoms with Crippen molar-refractivity contribution in [2.75, 3.05) is 32.1 Å². The first-order valence-electron chi connectivity index (χ1n) is 8.07. The van der Waals surface area contributed by atoms with E-state index in [0.717, 1.165) is 19.5 Å². The van der Waals surface area contributed by atoms with Gasteiger partial charge in [0, 0.05) is 24.9 Å². The lowest BCUT2D eigenvalue weighted by Crippen LogP contribution is -2.51. The zero-order valence-corrected chi connectivity index (χ0v) is 13.8. The maximum Gasteiger partial charge on any atom is 0.256 e. The van der Waals surface area contributed by atoms with Crippen molar-refractivity contribution in [2.24, 2.45) is 0 Å². The monoisotopic (exact) mass is 319 g/mol. The number of hydrogen-bond acceptors (Lipinski definition) is 4. The summed E-state index contributed by atoms with van der Waals surface area (Å²) in [5.41, 5.74) is 0.341.